The van der Waals surface area contributed by atoms with E-state index in [9.17, 15) is 0 Å². The second-order valence-electron chi connectivity index (χ2n) is 9.56. The predicted octanol–water partition coefficient (Wildman–Crippen LogP) is 5.46. The number of pyridine rings is 1. The number of hydrogen-bond acceptors (Lipinski definition) is 7. The highest BCUT2D eigenvalue weighted by Crippen LogP contribution is 2.45. The lowest BCUT2D eigenvalue weighted by Crippen LogP contribution is -2.43. The van der Waals surface area contributed by atoms with Crippen molar-refractivity contribution >= 4 is 11.5 Å². The van der Waals surface area contributed by atoms with Crippen LogP contribution in [0.15, 0.2) is 79.3 Å². The highest BCUT2D eigenvalue weighted by molar-refractivity contribution is 5.90. The van der Waals surface area contributed by atoms with E-state index in [0.29, 0.717) is 6.01 Å². The number of rotatable bonds is 4. The van der Waals surface area contributed by atoms with E-state index in [0.717, 1.165) is 63.9 Å². The molecule has 4 heterocycles. The van der Waals surface area contributed by atoms with Crippen molar-refractivity contribution in [2.24, 2.45) is 5.73 Å². The van der Waals surface area contributed by atoms with Gasteiger partial charge in [-0.25, -0.2) is 19.9 Å². The number of nitrogens with zero attached hydrogens (tertiary/aromatic N) is 5. The number of para-hydroxylation sites is 1. The first-order valence-electron chi connectivity index (χ1n) is 12.4. The van der Waals surface area contributed by atoms with Gasteiger partial charge in [0.2, 0.25) is 0 Å². The van der Waals surface area contributed by atoms with Crippen molar-refractivity contribution < 1.29 is 4.74 Å². The van der Waals surface area contributed by atoms with Gasteiger partial charge in [-0.3, -0.25) is 4.57 Å². The van der Waals surface area contributed by atoms with Crippen molar-refractivity contribution in [3.63, 3.8) is 0 Å². The summed E-state index contributed by atoms with van der Waals surface area (Å²) in [6.45, 7) is 0. The van der Waals surface area contributed by atoms with Gasteiger partial charge in [0.25, 0.3) is 0 Å². The molecule has 2 aromatic carbocycles. The molecule has 3 N–H and O–H groups in total. The van der Waals surface area contributed by atoms with Crippen molar-refractivity contribution in [1.82, 2.24) is 24.5 Å². The quantitative estimate of drug-likeness (QED) is 0.340. The number of benzene rings is 2. The minimum atomic E-state index is -0.223. The molecule has 5 aromatic rings. The molecule has 2 aliphatic rings. The Morgan fingerprint density at radius 2 is 1.70 bits per heavy atom. The topological polar surface area (TPSA) is 104 Å². The van der Waals surface area contributed by atoms with Crippen LogP contribution in [0.2, 0.25) is 0 Å². The summed E-state index contributed by atoms with van der Waals surface area (Å²) in [7, 11) is 1.56. The van der Waals surface area contributed by atoms with E-state index < -0.39 is 0 Å². The van der Waals surface area contributed by atoms with Crippen molar-refractivity contribution in [3.8, 4) is 45.6 Å². The van der Waals surface area contributed by atoms with Crippen molar-refractivity contribution in [2.45, 2.75) is 24.8 Å². The predicted molar refractivity (Wildman–Crippen MR) is 143 cm³/mol. The number of nitrogens with two attached hydrogens (primary N) is 1. The zero-order valence-corrected chi connectivity index (χ0v) is 20.3. The van der Waals surface area contributed by atoms with Gasteiger partial charge in [-0.05, 0) is 49.1 Å². The van der Waals surface area contributed by atoms with Crippen molar-refractivity contribution in [2.75, 3.05) is 12.4 Å². The highest BCUT2D eigenvalue weighted by Gasteiger charge is 2.34. The van der Waals surface area contributed by atoms with Crippen LogP contribution in [0.3, 0.4) is 0 Å². The fourth-order valence-electron chi connectivity index (χ4n) is 5.24. The maximum Gasteiger partial charge on any atom is 0.316 e. The monoisotopic (exact) mass is 487 g/mol. The van der Waals surface area contributed by atoms with Crippen molar-refractivity contribution in [1.29, 1.82) is 0 Å². The van der Waals surface area contributed by atoms with Crippen LogP contribution in [0.4, 0.5) is 11.5 Å². The van der Waals surface area contributed by atoms with Gasteiger partial charge < -0.3 is 15.8 Å². The molecule has 0 amide bonds. The fourth-order valence-corrected chi connectivity index (χ4v) is 5.24. The summed E-state index contributed by atoms with van der Waals surface area (Å²) in [5.41, 5.74) is 13.9. The first kappa shape index (κ1) is 21.7. The van der Waals surface area contributed by atoms with Gasteiger partial charge in [-0.1, -0.05) is 36.4 Å². The average Bonchev–Trinajstić information content (AvgIpc) is 3.26. The smallest absolute Gasteiger partial charge is 0.316 e. The van der Waals surface area contributed by atoms with E-state index >= 15 is 0 Å². The second kappa shape index (κ2) is 8.25. The minimum absolute atomic E-state index is 0.223. The number of fused-ring (bicyclic) bond motifs is 5. The molecular weight excluding hydrogens is 462 g/mol. The normalized spacial score (nSPS) is 14.9. The molecule has 37 heavy (non-hydrogen) atoms. The molecule has 0 atom stereocenters. The van der Waals surface area contributed by atoms with E-state index in [1.54, 1.807) is 25.7 Å². The third kappa shape index (κ3) is 3.41. The lowest BCUT2D eigenvalue weighted by Gasteiger charge is -2.38. The molecule has 0 radical (unpaired) electrons. The van der Waals surface area contributed by atoms with E-state index in [1.165, 1.54) is 12.0 Å². The number of hydrogen-bond donors (Lipinski definition) is 2. The molecule has 0 spiro atoms. The zero-order valence-electron chi connectivity index (χ0n) is 20.3. The molecule has 8 nitrogen and oxygen atoms in total. The van der Waals surface area contributed by atoms with Gasteiger partial charge >= 0.3 is 6.01 Å². The largest absolute Gasteiger partial charge is 0.467 e. The summed E-state index contributed by atoms with van der Waals surface area (Å²) in [5, 5.41) is 3.50. The Hall–Kier alpha value is -4.56. The molecule has 1 fully saturated rings. The molecule has 0 bridgehead atoms. The molecule has 1 aliphatic heterocycles. The Kier molecular flexibility index (Phi) is 4.84. The van der Waals surface area contributed by atoms with Gasteiger partial charge in [0.15, 0.2) is 5.82 Å². The van der Waals surface area contributed by atoms with Crippen LogP contribution >= 0.6 is 0 Å². The number of aromatic nitrogens is 5. The molecule has 1 aliphatic carbocycles. The van der Waals surface area contributed by atoms with Crippen molar-refractivity contribution in [3.05, 3.63) is 84.8 Å². The molecule has 0 saturated heterocycles. The Balaban J connectivity index is 1.51. The minimum Gasteiger partial charge on any atom is -0.467 e. The van der Waals surface area contributed by atoms with Crippen LogP contribution in [0, 0.1) is 0 Å². The summed E-state index contributed by atoms with van der Waals surface area (Å²) >= 11 is 0. The van der Waals surface area contributed by atoms with Crippen LogP contribution < -0.4 is 15.8 Å². The van der Waals surface area contributed by atoms with Gasteiger partial charge in [0.05, 0.1) is 24.2 Å². The zero-order chi connectivity index (χ0) is 25.0. The summed E-state index contributed by atoms with van der Waals surface area (Å²) in [6.07, 6.45) is 8.51. The molecule has 182 valence electrons. The summed E-state index contributed by atoms with van der Waals surface area (Å²) < 4.78 is 7.37. The molecule has 0 unspecified atom stereocenters. The number of methoxy groups -OCH3 is 1. The summed E-state index contributed by atoms with van der Waals surface area (Å²) in [5.74, 6) is 1.57. The third-order valence-corrected chi connectivity index (χ3v) is 7.39. The van der Waals surface area contributed by atoms with E-state index in [2.05, 4.69) is 61.2 Å². The lowest BCUT2D eigenvalue weighted by atomic mass is 9.72. The first-order valence-corrected chi connectivity index (χ1v) is 12.4. The number of nitrogens with one attached hydrogen (secondary N) is 1. The van der Waals surface area contributed by atoms with Crippen LogP contribution in [-0.2, 0) is 5.54 Å². The van der Waals surface area contributed by atoms with Gasteiger partial charge in [0.1, 0.15) is 11.5 Å². The Labute approximate surface area is 214 Å². The van der Waals surface area contributed by atoms with E-state index in [1.807, 2.05) is 24.3 Å². The molecular formula is C29H25N7O. The van der Waals surface area contributed by atoms with Gasteiger partial charge in [-0.2, -0.15) is 0 Å². The summed E-state index contributed by atoms with van der Waals surface area (Å²) in [6, 6.07) is 21.0. The maximum absolute atomic E-state index is 6.63. The van der Waals surface area contributed by atoms with Gasteiger partial charge in [-0.15, -0.1) is 0 Å². The maximum atomic E-state index is 6.63. The van der Waals surface area contributed by atoms with Gasteiger partial charge in [0, 0.05) is 40.8 Å². The SMILES string of the molecule is COc1ncc(-c2nc3n(c2-c2ccc(C4(N)CCC4)cc2)-c2cccnc2Nc2ccccc2-3)cn1. The van der Waals surface area contributed by atoms with Crippen LogP contribution in [0.1, 0.15) is 24.8 Å². The number of anilines is 2. The standard InChI is InChI=1S/C29H25N7O/c1-37-28-32-16-19(17-33-28)24-25(18-9-11-20(12-10-18)29(30)13-5-14-29)36-23-8-4-15-31-26(23)34-22-7-3-2-6-21(22)27(36)35-24/h2-4,6-12,15-17H,5,13-14,30H2,1H3,(H,31,34). The molecule has 8 heteroatoms. The van der Waals surface area contributed by atoms with Crippen LogP contribution in [-0.4, -0.2) is 31.6 Å². The Morgan fingerprint density at radius 1 is 0.919 bits per heavy atom. The molecule has 1 saturated carbocycles. The van der Waals surface area contributed by atoms with E-state index in [-0.39, 0.29) is 5.54 Å². The van der Waals surface area contributed by atoms with E-state index in [4.69, 9.17) is 15.5 Å². The molecule has 3 aromatic heterocycles. The fraction of sp³-hybridized carbons (Fsp3) is 0.172. The van der Waals surface area contributed by atoms with Crippen LogP contribution in [0.5, 0.6) is 6.01 Å². The van der Waals surface area contributed by atoms with Crippen LogP contribution in [0.25, 0.3) is 39.6 Å². The lowest BCUT2D eigenvalue weighted by molar-refractivity contribution is 0.253. The summed E-state index contributed by atoms with van der Waals surface area (Å²) in [4.78, 5) is 18.6. The molecule has 7 rings (SSSR count). The first-order chi connectivity index (χ1) is 18.1. The second-order valence-corrected chi connectivity index (χ2v) is 9.56. The average molecular weight is 488 g/mol. The number of ether oxygens (including phenoxy) is 1. The highest BCUT2D eigenvalue weighted by atomic mass is 16.5. The Bertz CT molecular complexity index is 1620. The third-order valence-electron chi connectivity index (χ3n) is 7.39. The number of imidazole rings is 1. The Morgan fingerprint density at radius 3 is 2.43 bits per heavy atom.